The van der Waals surface area contributed by atoms with Gasteiger partial charge in [-0.25, -0.2) is 5.84 Å². The Balaban J connectivity index is 2.02. The average Bonchev–Trinajstić information content (AvgIpc) is 2.54. The molecule has 1 atom stereocenters. The van der Waals surface area contributed by atoms with E-state index in [9.17, 15) is 4.79 Å². The van der Waals surface area contributed by atoms with Crippen molar-refractivity contribution in [3.05, 3.63) is 30.3 Å². The number of nitrogens with two attached hydrogens (primary N) is 1. The Bertz CT molecular complexity index is 442. The van der Waals surface area contributed by atoms with E-state index in [4.69, 9.17) is 5.84 Å². The van der Waals surface area contributed by atoms with Crippen molar-refractivity contribution in [3.8, 4) is 0 Å². The summed E-state index contributed by atoms with van der Waals surface area (Å²) in [5.41, 5.74) is 3.03. The van der Waals surface area contributed by atoms with Gasteiger partial charge in [0.1, 0.15) is 0 Å². The fourth-order valence-electron chi connectivity index (χ4n) is 2.78. The Hall–Kier alpha value is -1.59. The maximum atomic E-state index is 12.0. The van der Waals surface area contributed by atoms with Crippen molar-refractivity contribution in [2.75, 3.05) is 31.1 Å². The third-order valence-electron chi connectivity index (χ3n) is 4.41. The van der Waals surface area contributed by atoms with Gasteiger partial charge in [-0.15, -0.1) is 0 Å². The van der Waals surface area contributed by atoms with Gasteiger partial charge in [-0.05, 0) is 25.5 Å². The topological polar surface area (TPSA) is 61.6 Å². The quantitative estimate of drug-likeness (QED) is 0.489. The number of para-hydroxylation sites is 1. The lowest BCUT2D eigenvalue weighted by Crippen LogP contribution is -2.62. The number of benzene rings is 1. The molecule has 1 saturated heterocycles. The number of rotatable bonds is 4. The number of carbonyl (C=O) groups is 1. The molecule has 1 aromatic carbocycles. The molecule has 1 aliphatic heterocycles. The molecule has 1 amide bonds. The summed E-state index contributed by atoms with van der Waals surface area (Å²) in [5, 5.41) is 0. The maximum Gasteiger partial charge on any atom is 0.254 e. The Labute approximate surface area is 120 Å². The van der Waals surface area contributed by atoms with Crippen molar-refractivity contribution in [2.24, 2.45) is 5.84 Å². The molecule has 5 heteroatoms. The van der Waals surface area contributed by atoms with Crippen LogP contribution in [0, 0.1) is 0 Å². The van der Waals surface area contributed by atoms with Crippen LogP contribution < -0.4 is 16.2 Å². The number of nitrogens with zero attached hydrogens (tertiary/aromatic N) is 2. The van der Waals surface area contributed by atoms with Crippen LogP contribution in [-0.4, -0.2) is 42.5 Å². The zero-order valence-electron chi connectivity index (χ0n) is 12.3. The molecule has 0 saturated carbocycles. The van der Waals surface area contributed by atoms with Crippen LogP contribution in [0.2, 0.25) is 0 Å². The fourth-order valence-corrected chi connectivity index (χ4v) is 2.78. The molecule has 1 heterocycles. The van der Waals surface area contributed by atoms with E-state index >= 15 is 0 Å². The van der Waals surface area contributed by atoms with Gasteiger partial charge >= 0.3 is 0 Å². The molecule has 110 valence electrons. The number of anilines is 1. The van der Waals surface area contributed by atoms with Crippen molar-refractivity contribution in [2.45, 2.75) is 25.8 Å². The Morgan fingerprint density at radius 1 is 1.25 bits per heavy atom. The average molecular weight is 276 g/mol. The van der Waals surface area contributed by atoms with Gasteiger partial charge < -0.3 is 4.90 Å². The van der Waals surface area contributed by atoms with Crippen molar-refractivity contribution < 1.29 is 4.79 Å². The summed E-state index contributed by atoms with van der Waals surface area (Å²) in [7, 11) is 0. The van der Waals surface area contributed by atoms with Gasteiger partial charge in [0.25, 0.3) is 5.91 Å². The predicted molar refractivity (Wildman–Crippen MR) is 81.3 cm³/mol. The minimum Gasteiger partial charge on any atom is -0.369 e. The molecule has 1 aliphatic rings. The molecule has 2 rings (SSSR count). The number of hydrogen-bond donors (Lipinski definition) is 2. The highest BCUT2D eigenvalue weighted by Crippen LogP contribution is 2.23. The van der Waals surface area contributed by atoms with Crippen LogP contribution in [0.1, 0.15) is 20.3 Å². The molecule has 0 bridgehead atoms. The number of amides is 1. The van der Waals surface area contributed by atoms with Crippen molar-refractivity contribution in [1.29, 1.82) is 0 Å². The van der Waals surface area contributed by atoms with Gasteiger partial charge in [-0.2, -0.15) is 0 Å². The van der Waals surface area contributed by atoms with Crippen molar-refractivity contribution >= 4 is 11.6 Å². The molecular formula is C15H24N4O. The lowest BCUT2D eigenvalue weighted by molar-refractivity contribution is -0.133. The van der Waals surface area contributed by atoms with E-state index in [1.807, 2.05) is 19.9 Å². The predicted octanol–water partition coefficient (Wildman–Crippen LogP) is 0.967. The summed E-state index contributed by atoms with van der Waals surface area (Å²) in [4.78, 5) is 16.6. The SMILES string of the molecule is CCC(C)(C(=O)NN)N1CCN(c2ccccc2)CC1. The molecule has 20 heavy (non-hydrogen) atoms. The number of hydrogen-bond acceptors (Lipinski definition) is 4. The molecule has 0 aliphatic carbocycles. The van der Waals surface area contributed by atoms with Gasteiger partial charge in [-0.1, -0.05) is 25.1 Å². The summed E-state index contributed by atoms with van der Waals surface area (Å²) in [5.74, 6) is 5.22. The van der Waals surface area contributed by atoms with Gasteiger partial charge in [0, 0.05) is 31.9 Å². The van der Waals surface area contributed by atoms with E-state index in [0.717, 1.165) is 32.6 Å². The third kappa shape index (κ3) is 2.78. The van der Waals surface area contributed by atoms with E-state index in [0.29, 0.717) is 0 Å². The third-order valence-corrected chi connectivity index (χ3v) is 4.41. The maximum absolute atomic E-state index is 12.0. The lowest BCUT2D eigenvalue weighted by Gasteiger charge is -2.44. The molecule has 1 fully saturated rings. The second-order valence-electron chi connectivity index (χ2n) is 5.41. The minimum absolute atomic E-state index is 0.104. The summed E-state index contributed by atoms with van der Waals surface area (Å²) >= 11 is 0. The van der Waals surface area contributed by atoms with Crippen LogP contribution in [0.3, 0.4) is 0 Å². The normalized spacial score (nSPS) is 19.4. The number of nitrogens with one attached hydrogen (secondary N) is 1. The number of piperazine rings is 1. The molecule has 5 nitrogen and oxygen atoms in total. The minimum atomic E-state index is -0.516. The molecule has 0 spiro atoms. The van der Waals surface area contributed by atoms with E-state index < -0.39 is 5.54 Å². The standard InChI is InChI=1S/C15H24N4O/c1-3-15(2,14(20)17-16)19-11-9-18(10-12-19)13-7-5-4-6-8-13/h4-8H,3,9-12,16H2,1-2H3,(H,17,20). The summed E-state index contributed by atoms with van der Waals surface area (Å²) in [6, 6.07) is 10.4. The van der Waals surface area contributed by atoms with Gasteiger partial charge in [0.2, 0.25) is 0 Å². The first kappa shape index (κ1) is 14.8. The highest BCUT2D eigenvalue weighted by Gasteiger charge is 2.38. The largest absolute Gasteiger partial charge is 0.369 e. The highest BCUT2D eigenvalue weighted by molar-refractivity contribution is 5.85. The molecular weight excluding hydrogens is 252 g/mol. The van der Waals surface area contributed by atoms with Crippen LogP contribution in [0.15, 0.2) is 30.3 Å². The first-order valence-electron chi connectivity index (χ1n) is 7.18. The Morgan fingerprint density at radius 3 is 2.35 bits per heavy atom. The Kier molecular flexibility index (Phi) is 4.62. The Morgan fingerprint density at radius 2 is 1.85 bits per heavy atom. The summed E-state index contributed by atoms with van der Waals surface area (Å²) in [6.07, 6.45) is 0.751. The van der Waals surface area contributed by atoms with E-state index in [1.165, 1.54) is 5.69 Å². The zero-order chi connectivity index (χ0) is 14.6. The van der Waals surface area contributed by atoms with E-state index in [-0.39, 0.29) is 5.91 Å². The zero-order valence-corrected chi connectivity index (χ0v) is 12.3. The van der Waals surface area contributed by atoms with Crippen LogP contribution in [0.4, 0.5) is 5.69 Å². The monoisotopic (exact) mass is 276 g/mol. The van der Waals surface area contributed by atoms with Crippen molar-refractivity contribution in [3.63, 3.8) is 0 Å². The second kappa shape index (κ2) is 6.24. The van der Waals surface area contributed by atoms with Crippen molar-refractivity contribution in [1.82, 2.24) is 10.3 Å². The second-order valence-corrected chi connectivity index (χ2v) is 5.41. The van der Waals surface area contributed by atoms with E-state index in [2.05, 4.69) is 39.5 Å². The van der Waals surface area contributed by atoms with Crippen LogP contribution in [0.25, 0.3) is 0 Å². The van der Waals surface area contributed by atoms with Crippen LogP contribution in [0.5, 0.6) is 0 Å². The number of carbonyl (C=O) groups excluding carboxylic acids is 1. The van der Waals surface area contributed by atoms with Gasteiger partial charge in [0.05, 0.1) is 5.54 Å². The molecule has 3 N–H and O–H groups in total. The lowest BCUT2D eigenvalue weighted by atomic mass is 9.94. The van der Waals surface area contributed by atoms with Crippen LogP contribution in [-0.2, 0) is 4.79 Å². The molecule has 1 aromatic rings. The van der Waals surface area contributed by atoms with E-state index in [1.54, 1.807) is 0 Å². The molecule has 0 aromatic heterocycles. The molecule has 0 radical (unpaired) electrons. The highest BCUT2D eigenvalue weighted by atomic mass is 16.2. The van der Waals surface area contributed by atoms with Crippen LogP contribution >= 0.6 is 0 Å². The first-order chi connectivity index (χ1) is 9.61. The summed E-state index contributed by atoms with van der Waals surface area (Å²) < 4.78 is 0. The summed E-state index contributed by atoms with van der Waals surface area (Å²) in [6.45, 7) is 7.58. The smallest absolute Gasteiger partial charge is 0.254 e. The molecule has 1 unspecified atom stereocenters. The van der Waals surface area contributed by atoms with Gasteiger partial charge in [0.15, 0.2) is 0 Å². The first-order valence-corrected chi connectivity index (χ1v) is 7.18. The number of hydrazine groups is 1. The van der Waals surface area contributed by atoms with Gasteiger partial charge in [-0.3, -0.25) is 15.1 Å². The fraction of sp³-hybridized carbons (Fsp3) is 0.533.